The van der Waals surface area contributed by atoms with Crippen LogP contribution in [0.25, 0.3) is 21.9 Å². The molecule has 2 aliphatic rings. The molecule has 0 saturated carbocycles. The van der Waals surface area contributed by atoms with Crippen molar-refractivity contribution in [2.45, 2.75) is 51.6 Å². The van der Waals surface area contributed by atoms with Crippen LogP contribution in [-0.4, -0.2) is 25.2 Å². The minimum absolute atomic E-state index is 0.148. The molecule has 2 aliphatic heterocycles. The van der Waals surface area contributed by atoms with E-state index in [9.17, 15) is 14.7 Å². The molecule has 2 aromatic heterocycles. The third-order valence-electron chi connectivity index (χ3n) is 5.76. The summed E-state index contributed by atoms with van der Waals surface area (Å²) in [6.07, 6.45) is 6.53. The van der Waals surface area contributed by atoms with Crippen LogP contribution >= 0.6 is 0 Å². The summed E-state index contributed by atoms with van der Waals surface area (Å²) in [4.78, 5) is 29.3. The van der Waals surface area contributed by atoms with E-state index in [1.807, 2.05) is 10.6 Å². The van der Waals surface area contributed by atoms with E-state index in [2.05, 4.69) is 11.5 Å². The van der Waals surface area contributed by atoms with Crippen molar-refractivity contribution in [2.75, 3.05) is 0 Å². The minimum Gasteiger partial charge on any atom is -0.477 e. The van der Waals surface area contributed by atoms with Crippen LogP contribution in [0.15, 0.2) is 17.1 Å². The van der Waals surface area contributed by atoms with E-state index >= 15 is 0 Å². The predicted octanol–water partition coefficient (Wildman–Crippen LogP) is 2.89. The van der Waals surface area contributed by atoms with Gasteiger partial charge in [-0.1, -0.05) is 0 Å². The van der Waals surface area contributed by atoms with Gasteiger partial charge in [-0.3, -0.25) is 4.79 Å². The van der Waals surface area contributed by atoms with E-state index in [0.717, 1.165) is 66.6 Å². The third kappa shape index (κ3) is 1.88. The molecule has 1 unspecified atom stereocenters. The fourth-order valence-electron chi connectivity index (χ4n) is 4.46. The molecule has 6 heteroatoms. The number of aromatic nitrogens is 3. The Morgan fingerprint density at radius 1 is 1.32 bits per heavy atom. The molecular formula is C19H19N3O3. The summed E-state index contributed by atoms with van der Waals surface area (Å²) in [5, 5.41) is 9.97. The standard InChI is InChI=1S/C19H19N3O3/c1-10-5-6-11-16-14(21-7-3-2-4-15(21)20-16)8-12-17(11)22(10)9-13(18(12)23)19(24)25/h8-10H,2-7H2,1H3,(H,24,25). The van der Waals surface area contributed by atoms with Crippen molar-refractivity contribution in [3.8, 4) is 0 Å². The lowest BCUT2D eigenvalue weighted by molar-refractivity contribution is 0.0694. The number of benzene rings is 1. The summed E-state index contributed by atoms with van der Waals surface area (Å²) >= 11 is 0. The topological polar surface area (TPSA) is 77.1 Å². The van der Waals surface area contributed by atoms with E-state index in [1.165, 1.54) is 6.20 Å². The first-order valence-corrected chi connectivity index (χ1v) is 8.89. The number of carboxylic acid groups (broad SMARTS) is 1. The SMILES string of the molecule is CC1CCc2c3nc4n(c3cc3c(=O)c(C(=O)O)cn1c23)CCCC4. The zero-order valence-electron chi connectivity index (χ0n) is 14.1. The van der Waals surface area contributed by atoms with Gasteiger partial charge in [-0.05, 0) is 38.7 Å². The second-order valence-electron chi connectivity index (χ2n) is 7.23. The summed E-state index contributed by atoms with van der Waals surface area (Å²) in [5.74, 6) is -0.0748. The molecule has 1 atom stereocenters. The van der Waals surface area contributed by atoms with Gasteiger partial charge < -0.3 is 14.2 Å². The van der Waals surface area contributed by atoms with Crippen molar-refractivity contribution in [1.29, 1.82) is 0 Å². The van der Waals surface area contributed by atoms with Crippen LogP contribution in [0.5, 0.6) is 0 Å². The smallest absolute Gasteiger partial charge is 0.341 e. The monoisotopic (exact) mass is 337 g/mol. The first-order chi connectivity index (χ1) is 12.1. The van der Waals surface area contributed by atoms with Crippen molar-refractivity contribution in [1.82, 2.24) is 14.1 Å². The normalized spacial score (nSPS) is 19.3. The summed E-state index contributed by atoms with van der Waals surface area (Å²) in [5.41, 5.74) is 3.41. The number of aromatic carboxylic acids is 1. The molecule has 128 valence electrons. The molecule has 0 spiro atoms. The molecule has 0 aliphatic carbocycles. The third-order valence-corrected chi connectivity index (χ3v) is 5.76. The predicted molar refractivity (Wildman–Crippen MR) is 94.4 cm³/mol. The van der Waals surface area contributed by atoms with E-state index in [1.54, 1.807) is 0 Å². The van der Waals surface area contributed by atoms with E-state index in [-0.39, 0.29) is 17.0 Å². The number of aryl methyl sites for hydroxylation is 3. The Morgan fingerprint density at radius 2 is 2.16 bits per heavy atom. The maximum Gasteiger partial charge on any atom is 0.341 e. The first kappa shape index (κ1) is 14.7. The average molecular weight is 337 g/mol. The molecule has 0 fully saturated rings. The number of pyridine rings is 1. The van der Waals surface area contributed by atoms with Crippen LogP contribution in [0.4, 0.5) is 0 Å². The molecule has 0 amide bonds. The van der Waals surface area contributed by atoms with Crippen LogP contribution < -0.4 is 5.43 Å². The Bertz CT molecular complexity index is 1120. The van der Waals surface area contributed by atoms with Crippen LogP contribution in [0, 0.1) is 0 Å². The number of imidazole rings is 1. The van der Waals surface area contributed by atoms with E-state index in [0.29, 0.717) is 5.39 Å². The minimum atomic E-state index is -1.16. The number of rotatable bonds is 1. The highest BCUT2D eigenvalue weighted by atomic mass is 16.4. The molecule has 0 saturated heterocycles. The van der Waals surface area contributed by atoms with Crippen LogP contribution in [-0.2, 0) is 19.4 Å². The quantitative estimate of drug-likeness (QED) is 0.741. The second-order valence-corrected chi connectivity index (χ2v) is 7.23. The molecule has 3 aromatic rings. The number of carbonyl (C=O) groups is 1. The Balaban J connectivity index is 2.00. The van der Waals surface area contributed by atoms with Gasteiger partial charge in [0, 0.05) is 36.2 Å². The molecule has 4 heterocycles. The molecule has 0 bridgehead atoms. The molecule has 6 nitrogen and oxygen atoms in total. The number of hydrogen-bond acceptors (Lipinski definition) is 3. The van der Waals surface area contributed by atoms with Gasteiger partial charge in [0.05, 0.1) is 16.6 Å². The molecule has 1 N–H and O–H groups in total. The molecule has 0 radical (unpaired) electrons. The van der Waals surface area contributed by atoms with Gasteiger partial charge in [0.25, 0.3) is 0 Å². The maximum absolute atomic E-state index is 12.8. The first-order valence-electron chi connectivity index (χ1n) is 8.89. The summed E-state index contributed by atoms with van der Waals surface area (Å²) < 4.78 is 4.18. The van der Waals surface area contributed by atoms with Crippen LogP contribution in [0.2, 0.25) is 0 Å². The Morgan fingerprint density at radius 3 is 2.96 bits per heavy atom. The Hall–Kier alpha value is -2.63. The Labute approximate surface area is 143 Å². The largest absolute Gasteiger partial charge is 0.477 e. The van der Waals surface area contributed by atoms with E-state index < -0.39 is 5.97 Å². The molecule has 25 heavy (non-hydrogen) atoms. The highest BCUT2D eigenvalue weighted by Gasteiger charge is 2.27. The lowest BCUT2D eigenvalue weighted by atomic mass is 9.94. The summed E-state index contributed by atoms with van der Waals surface area (Å²) in [6.45, 7) is 2.99. The highest BCUT2D eigenvalue weighted by molar-refractivity contribution is 6.01. The summed E-state index contributed by atoms with van der Waals surface area (Å²) in [7, 11) is 0. The highest BCUT2D eigenvalue weighted by Crippen LogP contribution is 2.36. The van der Waals surface area contributed by atoms with Crippen molar-refractivity contribution in [3.05, 3.63) is 39.4 Å². The lowest BCUT2D eigenvalue weighted by Gasteiger charge is -2.26. The van der Waals surface area contributed by atoms with Gasteiger partial charge in [0.2, 0.25) is 5.43 Å². The van der Waals surface area contributed by atoms with Crippen molar-refractivity contribution in [2.24, 2.45) is 0 Å². The van der Waals surface area contributed by atoms with Gasteiger partial charge >= 0.3 is 5.97 Å². The van der Waals surface area contributed by atoms with Crippen molar-refractivity contribution >= 4 is 27.9 Å². The molecule has 5 rings (SSSR count). The van der Waals surface area contributed by atoms with Gasteiger partial charge in [-0.25, -0.2) is 9.78 Å². The average Bonchev–Trinajstić information content (AvgIpc) is 2.97. The number of fused-ring (bicyclic) bond motifs is 4. The second kappa shape index (κ2) is 4.94. The van der Waals surface area contributed by atoms with Gasteiger partial charge in [0.15, 0.2) is 0 Å². The molecular weight excluding hydrogens is 318 g/mol. The fraction of sp³-hybridized carbons (Fsp3) is 0.421. The van der Waals surface area contributed by atoms with Crippen molar-refractivity contribution in [3.63, 3.8) is 0 Å². The molecule has 1 aromatic carbocycles. The zero-order chi connectivity index (χ0) is 17.3. The number of nitrogens with zero attached hydrogens (tertiary/aromatic N) is 3. The maximum atomic E-state index is 12.8. The van der Waals surface area contributed by atoms with Gasteiger partial charge in [-0.15, -0.1) is 0 Å². The van der Waals surface area contributed by atoms with Crippen LogP contribution in [0.1, 0.15) is 54.0 Å². The van der Waals surface area contributed by atoms with E-state index in [4.69, 9.17) is 4.98 Å². The Kier molecular flexibility index (Phi) is 2.90. The van der Waals surface area contributed by atoms with Gasteiger partial charge in [-0.2, -0.15) is 0 Å². The number of hydrogen-bond donors (Lipinski definition) is 1. The number of carboxylic acids is 1. The zero-order valence-corrected chi connectivity index (χ0v) is 14.1. The van der Waals surface area contributed by atoms with Crippen LogP contribution in [0.3, 0.4) is 0 Å². The fourth-order valence-corrected chi connectivity index (χ4v) is 4.46. The lowest BCUT2D eigenvalue weighted by Crippen LogP contribution is -2.24. The van der Waals surface area contributed by atoms with Crippen molar-refractivity contribution < 1.29 is 9.90 Å². The van der Waals surface area contributed by atoms with Gasteiger partial charge in [0.1, 0.15) is 11.4 Å². The summed E-state index contributed by atoms with van der Waals surface area (Å²) in [6, 6.07) is 2.04.